The molecule has 0 aromatic heterocycles. The van der Waals surface area contributed by atoms with Crippen molar-refractivity contribution in [3.05, 3.63) is 33.3 Å². The average Bonchev–Trinajstić information content (AvgIpc) is 3.49. The summed E-state index contributed by atoms with van der Waals surface area (Å²) in [4.78, 5) is 40.3. The minimum absolute atomic E-state index is 0.0471. The standard InChI is InChI=1S/C21H28ClN3O4/c1-21(2,3)20(27)23-10-4-5-15(13-23)19(26)24(12-14-6-7-14)16-8-9-17(22)18(11-16)25(28)29/h8-9,11,14-15H,4-7,10,12-13H2,1-3H3. The van der Waals surface area contributed by atoms with Gasteiger partial charge in [-0.25, -0.2) is 0 Å². The van der Waals surface area contributed by atoms with E-state index in [-0.39, 0.29) is 28.4 Å². The van der Waals surface area contributed by atoms with Gasteiger partial charge in [-0.05, 0) is 43.7 Å². The van der Waals surface area contributed by atoms with Gasteiger partial charge in [0, 0.05) is 31.1 Å². The molecule has 1 aromatic rings. The monoisotopic (exact) mass is 421 g/mol. The summed E-state index contributed by atoms with van der Waals surface area (Å²) in [5, 5.41) is 11.3. The van der Waals surface area contributed by atoms with Crippen LogP contribution in [-0.2, 0) is 9.59 Å². The molecule has 1 aliphatic heterocycles. The Morgan fingerprint density at radius 3 is 2.55 bits per heavy atom. The molecule has 3 rings (SSSR count). The predicted molar refractivity (Wildman–Crippen MR) is 112 cm³/mol. The number of amides is 2. The van der Waals surface area contributed by atoms with E-state index in [9.17, 15) is 19.7 Å². The van der Waals surface area contributed by atoms with E-state index in [1.807, 2.05) is 20.8 Å². The highest BCUT2D eigenvalue weighted by atomic mass is 35.5. The molecule has 158 valence electrons. The molecule has 1 saturated carbocycles. The van der Waals surface area contributed by atoms with E-state index in [0.717, 1.165) is 19.3 Å². The van der Waals surface area contributed by atoms with Crippen LogP contribution < -0.4 is 4.90 Å². The summed E-state index contributed by atoms with van der Waals surface area (Å²) in [5.41, 5.74) is -0.196. The van der Waals surface area contributed by atoms with Crippen LogP contribution in [0, 0.1) is 27.4 Å². The van der Waals surface area contributed by atoms with Crippen LogP contribution in [0.3, 0.4) is 0 Å². The number of hydrogen-bond acceptors (Lipinski definition) is 4. The van der Waals surface area contributed by atoms with Crippen molar-refractivity contribution in [1.29, 1.82) is 0 Å². The SMILES string of the molecule is CC(C)(C)C(=O)N1CCCC(C(=O)N(CC2CC2)c2ccc(Cl)c([N+](=O)[O-])c2)C1. The van der Waals surface area contributed by atoms with Gasteiger partial charge in [0.25, 0.3) is 5.69 Å². The van der Waals surface area contributed by atoms with Gasteiger partial charge in [0.15, 0.2) is 0 Å². The minimum atomic E-state index is -0.532. The second-order valence-corrected chi connectivity index (χ2v) is 9.53. The van der Waals surface area contributed by atoms with Crippen molar-refractivity contribution in [2.75, 3.05) is 24.5 Å². The van der Waals surface area contributed by atoms with E-state index in [2.05, 4.69) is 0 Å². The number of anilines is 1. The first-order valence-corrected chi connectivity index (χ1v) is 10.5. The number of nitro benzene ring substituents is 1. The molecular weight excluding hydrogens is 394 g/mol. The summed E-state index contributed by atoms with van der Waals surface area (Å²) >= 11 is 5.95. The fraction of sp³-hybridized carbons (Fsp3) is 0.619. The van der Waals surface area contributed by atoms with Crippen LogP contribution in [0.15, 0.2) is 18.2 Å². The molecule has 1 heterocycles. The Labute approximate surface area is 176 Å². The van der Waals surface area contributed by atoms with Gasteiger partial charge in [0.2, 0.25) is 11.8 Å². The fourth-order valence-electron chi connectivity index (χ4n) is 3.75. The molecule has 2 amide bonds. The van der Waals surface area contributed by atoms with E-state index in [1.165, 1.54) is 12.1 Å². The zero-order chi connectivity index (χ0) is 21.3. The van der Waals surface area contributed by atoms with Crippen LogP contribution in [0.5, 0.6) is 0 Å². The average molecular weight is 422 g/mol. The zero-order valence-electron chi connectivity index (χ0n) is 17.2. The number of nitrogens with zero attached hydrogens (tertiary/aromatic N) is 3. The van der Waals surface area contributed by atoms with Gasteiger partial charge < -0.3 is 9.80 Å². The number of piperidine rings is 1. The maximum Gasteiger partial charge on any atom is 0.289 e. The molecule has 29 heavy (non-hydrogen) atoms. The first-order chi connectivity index (χ1) is 13.6. The van der Waals surface area contributed by atoms with E-state index in [1.54, 1.807) is 15.9 Å². The largest absolute Gasteiger partial charge is 0.341 e. The molecule has 0 bridgehead atoms. The first-order valence-electron chi connectivity index (χ1n) is 10.1. The third kappa shape index (κ3) is 5.07. The van der Waals surface area contributed by atoms with Crippen LogP contribution in [0.4, 0.5) is 11.4 Å². The van der Waals surface area contributed by atoms with Gasteiger partial charge in [-0.1, -0.05) is 32.4 Å². The van der Waals surface area contributed by atoms with Crippen LogP contribution in [0.1, 0.15) is 46.5 Å². The molecule has 0 radical (unpaired) electrons. The lowest BCUT2D eigenvalue weighted by molar-refractivity contribution is -0.384. The first kappa shape index (κ1) is 21.6. The van der Waals surface area contributed by atoms with Gasteiger partial charge in [0.05, 0.1) is 16.5 Å². The number of carbonyl (C=O) groups is 2. The molecule has 0 spiro atoms. The Kier molecular flexibility index (Phi) is 6.17. The van der Waals surface area contributed by atoms with Crippen LogP contribution >= 0.6 is 11.6 Å². The van der Waals surface area contributed by atoms with E-state index < -0.39 is 10.3 Å². The maximum absolute atomic E-state index is 13.4. The van der Waals surface area contributed by atoms with Gasteiger partial charge >= 0.3 is 0 Å². The highest BCUT2D eigenvalue weighted by molar-refractivity contribution is 6.32. The van der Waals surface area contributed by atoms with Crippen molar-refractivity contribution in [3.8, 4) is 0 Å². The van der Waals surface area contributed by atoms with Crippen LogP contribution in [-0.4, -0.2) is 41.3 Å². The molecule has 1 saturated heterocycles. The third-order valence-corrected chi connectivity index (χ3v) is 5.86. The normalized spacial score (nSPS) is 19.7. The molecule has 2 fully saturated rings. The summed E-state index contributed by atoms with van der Waals surface area (Å²) < 4.78 is 0. The number of nitro groups is 1. The lowest BCUT2D eigenvalue weighted by Gasteiger charge is -2.37. The van der Waals surface area contributed by atoms with Gasteiger partial charge in [0.1, 0.15) is 5.02 Å². The van der Waals surface area contributed by atoms with Crippen molar-refractivity contribution in [2.45, 2.75) is 46.5 Å². The molecule has 1 unspecified atom stereocenters. The highest BCUT2D eigenvalue weighted by Crippen LogP contribution is 2.36. The minimum Gasteiger partial charge on any atom is -0.341 e. The van der Waals surface area contributed by atoms with Gasteiger partial charge in [-0.2, -0.15) is 0 Å². The Hall–Kier alpha value is -2.15. The highest BCUT2D eigenvalue weighted by Gasteiger charge is 2.37. The van der Waals surface area contributed by atoms with Crippen molar-refractivity contribution in [1.82, 2.24) is 4.90 Å². The Morgan fingerprint density at radius 1 is 1.28 bits per heavy atom. The molecule has 0 N–H and O–H groups in total. The maximum atomic E-state index is 13.4. The summed E-state index contributed by atoms with van der Waals surface area (Å²) in [7, 11) is 0. The second-order valence-electron chi connectivity index (χ2n) is 9.13. The number of halogens is 1. The van der Waals surface area contributed by atoms with Crippen molar-refractivity contribution >= 4 is 34.8 Å². The smallest absolute Gasteiger partial charge is 0.289 e. The Bertz CT molecular complexity index is 817. The topological polar surface area (TPSA) is 83.8 Å². The third-order valence-electron chi connectivity index (χ3n) is 5.54. The number of likely N-dealkylation sites (tertiary alicyclic amines) is 1. The molecule has 1 aromatic carbocycles. The van der Waals surface area contributed by atoms with Gasteiger partial charge in [-0.15, -0.1) is 0 Å². The lowest BCUT2D eigenvalue weighted by Crippen LogP contribution is -2.50. The summed E-state index contributed by atoms with van der Waals surface area (Å²) in [6.07, 6.45) is 3.59. The van der Waals surface area contributed by atoms with Crippen LogP contribution in [0.2, 0.25) is 5.02 Å². The van der Waals surface area contributed by atoms with Crippen LogP contribution in [0.25, 0.3) is 0 Å². The summed E-state index contributed by atoms with van der Waals surface area (Å²) in [6, 6.07) is 4.51. The van der Waals surface area contributed by atoms with E-state index >= 15 is 0 Å². The lowest BCUT2D eigenvalue weighted by atomic mass is 9.90. The number of benzene rings is 1. The van der Waals surface area contributed by atoms with Gasteiger partial charge in [-0.3, -0.25) is 19.7 Å². The predicted octanol–water partition coefficient (Wildman–Crippen LogP) is 4.28. The van der Waals surface area contributed by atoms with Crippen molar-refractivity contribution < 1.29 is 14.5 Å². The molecular formula is C21H28ClN3O4. The summed E-state index contributed by atoms with van der Waals surface area (Å²) in [5.74, 6) is 0.0962. The quantitative estimate of drug-likeness (QED) is 0.524. The van der Waals surface area contributed by atoms with Crippen molar-refractivity contribution in [3.63, 3.8) is 0 Å². The molecule has 1 aliphatic carbocycles. The molecule has 1 atom stereocenters. The summed E-state index contributed by atoms with van der Waals surface area (Å²) in [6.45, 7) is 7.25. The van der Waals surface area contributed by atoms with E-state index in [0.29, 0.717) is 37.7 Å². The number of carbonyl (C=O) groups excluding carboxylic acids is 2. The Balaban J connectivity index is 1.83. The van der Waals surface area contributed by atoms with Crippen molar-refractivity contribution in [2.24, 2.45) is 17.3 Å². The second kappa shape index (κ2) is 8.30. The van der Waals surface area contributed by atoms with E-state index in [4.69, 9.17) is 11.6 Å². The Morgan fingerprint density at radius 2 is 1.97 bits per heavy atom. The number of hydrogen-bond donors (Lipinski definition) is 0. The molecule has 7 nitrogen and oxygen atoms in total. The number of rotatable bonds is 5. The molecule has 8 heteroatoms. The molecule has 2 aliphatic rings. The fourth-order valence-corrected chi connectivity index (χ4v) is 3.93. The zero-order valence-corrected chi connectivity index (χ0v) is 17.9.